The van der Waals surface area contributed by atoms with Gasteiger partial charge in [-0.2, -0.15) is 0 Å². The second kappa shape index (κ2) is 7.22. The number of ether oxygens (including phenoxy) is 1. The van der Waals surface area contributed by atoms with Gasteiger partial charge in [0.2, 0.25) is 0 Å². The number of rotatable bonds is 3. The van der Waals surface area contributed by atoms with E-state index in [0.29, 0.717) is 17.9 Å². The van der Waals surface area contributed by atoms with Crippen LogP contribution in [0.2, 0.25) is 5.02 Å². The third kappa shape index (κ3) is 2.97. The van der Waals surface area contributed by atoms with Gasteiger partial charge in [-0.15, -0.1) is 0 Å². The van der Waals surface area contributed by atoms with Crippen LogP contribution in [0.3, 0.4) is 0 Å². The van der Waals surface area contributed by atoms with Gasteiger partial charge in [0, 0.05) is 10.9 Å². The Hall–Kier alpha value is -1.70. The zero-order chi connectivity index (χ0) is 21.0. The summed E-state index contributed by atoms with van der Waals surface area (Å²) in [5.41, 5.74) is -0.269. The van der Waals surface area contributed by atoms with Crippen molar-refractivity contribution in [2.45, 2.75) is 41.9 Å². The second-order valence-electron chi connectivity index (χ2n) is 7.79. The van der Waals surface area contributed by atoms with E-state index in [1.807, 2.05) is 0 Å². The van der Waals surface area contributed by atoms with Crippen molar-refractivity contribution in [3.05, 3.63) is 58.6 Å². The van der Waals surface area contributed by atoms with E-state index >= 15 is 4.39 Å². The van der Waals surface area contributed by atoms with Crippen molar-refractivity contribution in [3.63, 3.8) is 0 Å². The molecule has 1 fully saturated rings. The van der Waals surface area contributed by atoms with Gasteiger partial charge in [-0.3, -0.25) is 0 Å². The molecule has 2 aromatic rings. The Balaban J connectivity index is 2.04. The highest BCUT2D eigenvalue weighted by molar-refractivity contribution is 7.92. The maximum atomic E-state index is 15.1. The van der Waals surface area contributed by atoms with Gasteiger partial charge < -0.3 is 9.84 Å². The molecular weight excluding hydrogens is 422 g/mol. The summed E-state index contributed by atoms with van der Waals surface area (Å²) in [4.78, 5) is -0.0188. The predicted octanol–water partition coefficient (Wildman–Crippen LogP) is 4.48. The lowest BCUT2D eigenvalue weighted by molar-refractivity contribution is 0.00347. The first-order valence-electron chi connectivity index (χ1n) is 9.49. The van der Waals surface area contributed by atoms with Gasteiger partial charge >= 0.3 is 0 Å². The standard InChI is InChI=1S/C21H21ClF2O4S/c1-12(25)15-3-2-10-21(29(26,27)14-6-4-13(22)5-7-14)16(15)11-28-20-18(24)9-8-17(23)19(20)21/h4-9,12,15-16,25H,2-3,10-11H2,1H3/t12-,15+,16?,21+/m1/s1. The van der Waals surface area contributed by atoms with E-state index < -0.39 is 44.2 Å². The number of sulfone groups is 1. The van der Waals surface area contributed by atoms with E-state index in [9.17, 15) is 17.9 Å². The minimum absolute atomic E-state index is 0.0188. The minimum Gasteiger partial charge on any atom is -0.490 e. The number of aliphatic hydroxyl groups is 1. The van der Waals surface area contributed by atoms with Crippen LogP contribution in [0.4, 0.5) is 8.78 Å². The van der Waals surface area contributed by atoms with Crippen molar-refractivity contribution in [2.24, 2.45) is 11.8 Å². The van der Waals surface area contributed by atoms with E-state index in [1.54, 1.807) is 6.92 Å². The Morgan fingerprint density at radius 2 is 1.83 bits per heavy atom. The number of benzene rings is 2. The van der Waals surface area contributed by atoms with Crippen LogP contribution in [0.1, 0.15) is 31.7 Å². The summed E-state index contributed by atoms with van der Waals surface area (Å²) in [6, 6.07) is 7.54. The molecule has 0 radical (unpaired) electrons. The summed E-state index contributed by atoms with van der Waals surface area (Å²) < 4.78 is 61.4. The summed E-state index contributed by atoms with van der Waals surface area (Å²) in [5, 5.41) is 10.7. The minimum atomic E-state index is -4.18. The predicted molar refractivity (Wildman–Crippen MR) is 105 cm³/mol. The smallest absolute Gasteiger partial charge is 0.188 e. The molecular formula is C21H21ClF2O4S. The highest BCUT2D eigenvalue weighted by Gasteiger charge is 2.61. The number of halogens is 3. The fourth-order valence-corrected chi connectivity index (χ4v) is 7.57. The summed E-state index contributed by atoms with van der Waals surface area (Å²) >= 11 is 5.92. The second-order valence-corrected chi connectivity index (χ2v) is 10.4. The number of hydrogen-bond donors (Lipinski definition) is 1. The highest BCUT2D eigenvalue weighted by atomic mass is 35.5. The van der Waals surface area contributed by atoms with Gasteiger partial charge in [0.05, 0.1) is 23.2 Å². The van der Waals surface area contributed by atoms with Crippen LogP contribution in [0.15, 0.2) is 41.3 Å². The molecule has 0 saturated heterocycles. The largest absolute Gasteiger partial charge is 0.490 e. The van der Waals surface area contributed by atoms with E-state index in [0.717, 1.165) is 12.1 Å². The lowest BCUT2D eigenvalue weighted by Crippen LogP contribution is -2.55. The third-order valence-electron chi connectivity index (χ3n) is 6.31. The molecule has 1 unspecified atom stereocenters. The van der Waals surface area contributed by atoms with E-state index in [1.165, 1.54) is 24.3 Å². The quantitative estimate of drug-likeness (QED) is 0.761. The lowest BCUT2D eigenvalue weighted by atomic mass is 9.66. The fourth-order valence-electron chi connectivity index (χ4n) is 5.01. The Morgan fingerprint density at radius 1 is 1.17 bits per heavy atom. The average Bonchev–Trinajstić information content (AvgIpc) is 2.69. The molecule has 8 heteroatoms. The average molecular weight is 443 g/mol. The molecule has 156 valence electrons. The molecule has 0 spiro atoms. The third-order valence-corrected chi connectivity index (χ3v) is 9.13. The van der Waals surface area contributed by atoms with Gasteiger partial charge in [-0.25, -0.2) is 17.2 Å². The van der Waals surface area contributed by atoms with Gasteiger partial charge in [-0.05, 0) is 62.1 Å². The lowest BCUT2D eigenvalue weighted by Gasteiger charge is -2.51. The molecule has 1 aliphatic carbocycles. The number of hydrogen-bond acceptors (Lipinski definition) is 4. The van der Waals surface area contributed by atoms with Gasteiger partial charge in [0.1, 0.15) is 10.6 Å². The molecule has 1 saturated carbocycles. The molecule has 2 aromatic carbocycles. The number of aliphatic hydroxyl groups excluding tert-OH is 1. The number of fused-ring (bicyclic) bond motifs is 3. The van der Waals surface area contributed by atoms with Crippen molar-refractivity contribution in [1.82, 2.24) is 0 Å². The maximum Gasteiger partial charge on any atom is 0.188 e. The molecule has 1 N–H and O–H groups in total. The van der Waals surface area contributed by atoms with Crippen LogP contribution in [0.25, 0.3) is 0 Å². The van der Waals surface area contributed by atoms with Gasteiger partial charge in [-0.1, -0.05) is 18.0 Å². The topological polar surface area (TPSA) is 63.6 Å². The Morgan fingerprint density at radius 3 is 2.48 bits per heavy atom. The molecule has 1 aliphatic heterocycles. The van der Waals surface area contributed by atoms with Crippen LogP contribution in [0, 0.1) is 23.5 Å². The van der Waals surface area contributed by atoms with Gasteiger partial charge in [0.15, 0.2) is 21.4 Å². The molecule has 29 heavy (non-hydrogen) atoms. The highest BCUT2D eigenvalue weighted by Crippen LogP contribution is 2.58. The molecule has 4 nitrogen and oxygen atoms in total. The molecule has 2 aliphatic rings. The Kier molecular flexibility index (Phi) is 5.12. The van der Waals surface area contributed by atoms with Crippen LogP contribution in [-0.2, 0) is 14.6 Å². The fraction of sp³-hybridized carbons (Fsp3) is 0.429. The zero-order valence-electron chi connectivity index (χ0n) is 15.7. The first-order valence-corrected chi connectivity index (χ1v) is 11.4. The molecule has 4 rings (SSSR count). The van der Waals surface area contributed by atoms with Crippen LogP contribution in [0.5, 0.6) is 5.75 Å². The van der Waals surface area contributed by atoms with Crippen LogP contribution in [-0.4, -0.2) is 26.2 Å². The monoisotopic (exact) mass is 442 g/mol. The normalized spacial score (nSPS) is 27.5. The van der Waals surface area contributed by atoms with Crippen molar-refractivity contribution in [1.29, 1.82) is 0 Å². The summed E-state index contributed by atoms with van der Waals surface area (Å²) in [5.74, 6) is -3.13. The zero-order valence-corrected chi connectivity index (χ0v) is 17.3. The Bertz CT molecular complexity index is 1040. The van der Waals surface area contributed by atoms with E-state index in [4.69, 9.17) is 16.3 Å². The van der Waals surface area contributed by atoms with E-state index in [-0.39, 0.29) is 29.2 Å². The van der Waals surface area contributed by atoms with Crippen molar-refractivity contribution < 1.29 is 27.0 Å². The first-order chi connectivity index (χ1) is 13.7. The van der Waals surface area contributed by atoms with Crippen LogP contribution >= 0.6 is 11.6 Å². The first kappa shape index (κ1) is 20.6. The Labute approximate surface area is 173 Å². The summed E-state index contributed by atoms with van der Waals surface area (Å²) in [7, 11) is -4.18. The van der Waals surface area contributed by atoms with Crippen LogP contribution < -0.4 is 4.74 Å². The molecule has 0 amide bonds. The van der Waals surface area contributed by atoms with Crippen molar-refractivity contribution >= 4 is 21.4 Å². The summed E-state index contributed by atoms with van der Waals surface area (Å²) in [6.07, 6.45) is 0.328. The van der Waals surface area contributed by atoms with Crippen molar-refractivity contribution in [2.75, 3.05) is 6.61 Å². The van der Waals surface area contributed by atoms with Crippen molar-refractivity contribution in [3.8, 4) is 5.75 Å². The molecule has 0 bridgehead atoms. The van der Waals surface area contributed by atoms with Gasteiger partial charge in [0.25, 0.3) is 0 Å². The summed E-state index contributed by atoms with van der Waals surface area (Å²) in [6.45, 7) is 1.48. The SMILES string of the molecule is C[C@@H](O)[C@@H]1CCC[C@@]2(S(=O)(=O)c3ccc(Cl)cc3)c3c(F)ccc(F)c3OCC12. The molecule has 4 atom stereocenters. The molecule has 0 aromatic heterocycles. The van der Waals surface area contributed by atoms with E-state index in [2.05, 4.69) is 0 Å². The maximum absolute atomic E-state index is 15.1. The molecule has 1 heterocycles.